The first kappa shape index (κ1) is 17.9. The van der Waals surface area contributed by atoms with E-state index in [9.17, 15) is 9.59 Å². The number of hydrogen-bond acceptors (Lipinski definition) is 3. The molecular weight excluding hydrogens is 244 g/mol. The Balaban J connectivity index is 4.25. The van der Waals surface area contributed by atoms with E-state index in [0.29, 0.717) is 13.0 Å². The van der Waals surface area contributed by atoms with Gasteiger partial charge in [-0.15, -0.1) is 0 Å². The topological polar surface area (TPSA) is 92.4 Å². The van der Waals surface area contributed by atoms with Crippen LogP contribution in [0.3, 0.4) is 0 Å². The molecule has 0 heterocycles. The molecule has 2 unspecified atom stereocenters. The van der Waals surface area contributed by atoms with Gasteiger partial charge in [0.05, 0.1) is 5.92 Å². The summed E-state index contributed by atoms with van der Waals surface area (Å²) in [4.78, 5) is 23.0. The smallest absolute Gasteiger partial charge is 0.308 e. The highest BCUT2D eigenvalue weighted by atomic mass is 16.4. The average molecular weight is 272 g/mol. The summed E-state index contributed by atoms with van der Waals surface area (Å²) in [6, 6.07) is 0. The maximum atomic E-state index is 11.8. The minimum absolute atomic E-state index is 0.0705. The van der Waals surface area contributed by atoms with Crippen LogP contribution >= 0.6 is 0 Å². The lowest BCUT2D eigenvalue weighted by Crippen LogP contribution is -2.37. The van der Waals surface area contributed by atoms with E-state index >= 15 is 0 Å². The van der Waals surface area contributed by atoms with Crippen LogP contribution in [0.4, 0.5) is 0 Å². The van der Waals surface area contributed by atoms with Crippen molar-refractivity contribution in [3.8, 4) is 0 Å². The van der Waals surface area contributed by atoms with Gasteiger partial charge in [-0.2, -0.15) is 0 Å². The summed E-state index contributed by atoms with van der Waals surface area (Å²) in [5.41, 5.74) is 5.33. The van der Waals surface area contributed by atoms with Gasteiger partial charge >= 0.3 is 5.97 Å². The van der Waals surface area contributed by atoms with Crippen molar-refractivity contribution in [2.24, 2.45) is 23.0 Å². The summed E-state index contributed by atoms with van der Waals surface area (Å²) >= 11 is 0. The molecule has 0 aromatic carbocycles. The number of carbonyl (C=O) groups is 2. The van der Waals surface area contributed by atoms with Crippen molar-refractivity contribution in [1.82, 2.24) is 5.32 Å². The highest BCUT2D eigenvalue weighted by molar-refractivity contribution is 5.79. The summed E-state index contributed by atoms with van der Waals surface area (Å²) in [5, 5.41) is 11.9. The van der Waals surface area contributed by atoms with Crippen LogP contribution in [0.25, 0.3) is 0 Å². The first-order valence-corrected chi connectivity index (χ1v) is 6.88. The molecule has 5 heteroatoms. The van der Waals surface area contributed by atoms with Gasteiger partial charge in [0.1, 0.15) is 0 Å². The van der Waals surface area contributed by atoms with Crippen LogP contribution in [0.15, 0.2) is 0 Å². The first-order valence-electron chi connectivity index (χ1n) is 6.88. The van der Waals surface area contributed by atoms with Crippen molar-refractivity contribution < 1.29 is 14.7 Å². The van der Waals surface area contributed by atoms with Gasteiger partial charge in [0, 0.05) is 12.5 Å². The molecule has 5 nitrogen and oxygen atoms in total. The van der Waals surface area contributed by atoms with E-state index in [4.69, 9.17) is 10.8 Å². The lowest BCUT2D eigenvalue weighted by molar-refractivity contribution is -0.142. The second-order valence-electron chi connectivity index (χ2n) is 6.38. The van der Waals surface area contributed by atoms with Gasteiger partial charge < -0.3 is 16.2 Å². The Kier molecular flexibility index (Phi) is 7.68. The number of carboxylic acid groups (broad SMARTS) is 1. The molecule has 0 fully saturated rings. The lowest BCUT2D eigenvalue weighted by Gasteiger charge is -2.24. The number of nitrogens with two attached hydrogens (primary N) is 1. The van der Waals surface area contributed by atoms with Crippen molar-refractivity contribution >= 4 is 11.9 Å². The van der Waals surface area contributed by atoms with E-state index in [0.717, 1.165) is 12.8 Å². The standard InChI is InChI=1S/C14H28N2O3/c1-10(6-5-7-15)12(17)16-9-11(13(18)19)8-14(2,3)4/h10-11H,5-9,15H2,1-4H3,(H,16,17)(H,18,19). The molecule has 112 valence electrons. The predicted molar refractivity (Wildman–Crippen MR) is 75.7 cm³/mol. The molecule has 4 N–H and O–H groups in total. The second-order valence-corrected chi connectivity index (χ2v) is 6.38. The van der Waals surface area contributed by atoms with Gasteiger partial charge in [-0.1, -0.05) is 27.7 Å². The maximum Gasteiger partial charge on any atom is 0.308 e. The van der Waals surface area contributed by atoms with Crippen LogP contribution in [-0.2, 0) is 9.59 Å². The Morgan fingerprint density at radius 2 is 1.89 bits per heavy atom. The van der Waals surface area contributed by atoms with Gasteiger partial charge in [-0.3, -0.25) is 9.59 Å². The summed E-state index contributed by atoms with van der Waals surface area (Å²) in [6.07, 6.45) is 2.08. The minimum Gasteiger partial charge on any atom is -0.481 e. The van der Waals surface area contributed by atoms with Crippen molar-refractivity contribution in [2.45, 2.75) is 47.0 Å². The third-order valence-corrected chi connectivity index (χ3v) is 3.02. The first-order chi connectivity index (χ1) is 8.67. The molecule has 0 aliphatic carbocycles. The van der Waals surface area contributed by atoms with E-state index in [1.54, 1.807) is 0 Å². The summed E-state index contributed by atoms with van der Waals surface area (Å²) in [5.74, 6) is -1.60. The van der Waals surface area contributed by atoms with Crippen molar-refractivity contribution in [3.05, 3.63) is 0 Å². The van der Waals surface area contributed by atoms with E-state index in [-0.39, 0.29) is 23.8 Å². The number of rotatable bonds is 8. The number of aliphatic carboxylic acids is 1. The van der Waals surface area contributed by atoms with Crippen molar-refractivity contribution in [3.63, 3.8) is 0 Å². The Labute approximate surface area is 115 Å². The number of carbonyl (C=O) groups excluding carboxylic acids is 1. The molecule has 0 radical (unpaired) electrons. The summed E-state index contributed by atoms with van der Waals surface area (Å²) in [7, 11) is 0. The largest absolute Gasteiger partial charge is 0.481 e. The van der Waals surface area contributed by atoms with E-state index < -0.39 is 11.9 Å². The maximum absolute atomic E-state index is 11.8. The zero-order valence-electron chi connectivity index (χ0n) is 12.5. The molecule has 0 saturated heterocycles. The van der Waals surface area contributed by atoms with Crippen LogP contribution in [0.5, 0.6) is 0 Å². The van der Waals surface area contributed by atoms with Gasteiger partial charge in [-0.05, 0) is 31.2 Å². The molecule has 0 saturated carbocycles. The number of amides is 1. The Bertz CT molecular complexity index is 298. The Morgan fingerprint density at radius 1 is 1.32 bits per heavy atom. The van der Waals surface area contributed by atoms with Gasteiger partial charge in [0.25, 0.3) is 0 Å². The Hall–Kier alpha value is -1.10. The normalized spacial score (nSPS) is 14.8. The van der Waals surface area contributed by atoms with E-state index in [1.165, 1.54) is 0 Å². The SMILES string of the molecule is CC(CCCN)C(=O)NCC(CC(C)(C)C)C(=O)O. The molecule has 0 aromatic rings. The monoisotopic (exact) mass is 272 g/mol. The second kappa shape index (κ2) is 8.15. The van der Waals surface area contributed by atoms with Crippen LogP contribution in [0, 0.1) is 17.3 Å². The van der Waals surface area contributed by atoms with E-state index in [2.05, 4.69) is 5.32 Å². The molecule has 19 heavy (non-hydrogen) atoms. The van der Waals surface area contributed by atoms with Crippen LogP contribution in [0.1, 0.15) is 47.0 Å². The zero-order chi connectivity index (χ0) is 15.1. The highest BCUT2D eigenvalue weighted by Crippen LogP contribution is 2.24. The number of hydrogen-bond donors (Lipinski definition) is 3. The third-order valence-electron chi connectivity index (χ3n) is 3.02. The molecule has 0 aliphatic heterocycles. The Morgan fingerprint density at radius 3 is 2.32 bits per heavy atom. The molecule has 0 bridgehead atoms. The van der Waals surface area contributed by atoms with Gasteiger partial charge in [0.2, 0.25) is 5.91 Å². The van der Waals surface area contributed by atoms with Crippen LogP contribution in [-0.4, -0.2) is 30.1 Å². The van der Waals surface area contributed by atoms with Crippen molar-refractivity contribution in [2.75, 3.05) is 13.1 Å². The third kappa shape index (κ3) is 8.59. The average Bonchev–Trinajstić information content (AvgIpc) is 2.29. The lowest BCUT2D eigenvalue weighted by atomic mass is 9.84. The van der Waals surface area contributed by atoms with Gasteiger partial charge in [-0.25, -0.2) is 0 Å². The van der Waals surface area contributed by atoms with Crippen molar-refractivity contribution in [1.29, 1.82) is 0 Å². The summed E-state index contributed by atoms with van der Waals surface area (Å²) < 4.78 is 0. The van der Waals surface area contributed by atoms with E-state index in [1.807, 2.05) is 27.7 Å². The molecule has 0 rings (SSSR count). The molecule has 0 spiro atoms. The van der Waals surface area contributed by atoms with Crippen LogP contribution < -0.4 is 11.1 Å². The highest BCUT2D eigenvalue weighted by Gasteiger charge is 2.25. The minimum atomic E-state index is -0.857. The predicted octanol–water partition coefficient (Wildman–Crippen LogP) is 1.61. The molecule has 2 atom stereocenters. The molecule has 1 amide bonds. The molecule has 0 aromatic heterocycles. The number of carboxylic acids is 1. The molecular formula is C14H28N2O3. The zero-order valence-corrected chi connectivity index (χ0v) is 12.5. The number of nitrogens with one attached hydrogen (secondary N) is 1. The quantitative estimate of drug-likeness (QED) is 0.626. The fourth-order valence-corrected chi connectivity index (χ4v) is 1.94. The van der Waals surface area contributed by atoms with Gasteiger partial charge in [0.15, 0.2) is 0 Å². The van der Waals surface area contributed by atoms with Crippen LogP contribution in [0.2, 0.25) is 0 Å². The molecule has 0 aliphatic rings. The fraction of sp³-hybridized carbons (Fsp3) is 0.857. The fourth-order valence-electron chi connectivity index (χ4n) is 1.94. The summed E-state index contributed by atoms with van der Waals surface area (Å²) in [6.45, 7) is 8.58.